The molecule has 7 nitrogen and oxygen atoms in total. The molecule has 2 aromatic carbocycles. The van der Waals surface area contributed by atoms with E-state index in [-0.39, 0.29) is 16.1 Å². The molecule has 0 unspecified atom stereocenters. The maximum absolute atomic E-state index is 12.4. The first-order valence-electron chi connectivity index (χ1n) is 7.19. The number of benzene rings is 2. The van der Waals surface area contributed by atoms with Crippen LogP contribution < -0.4 is 19.3 Å². The minimum Gasteiger partial charge on any atom is -0.545 e. The zero-order valence-electron chi connectivity index (χ0n) is 12.5. The molecular formula is C16H14NO6S-. The molecule has 0 radical (unpaired) electrons. The van der Waals surface area contributed by atoms with Gasteiger partial charge in [0.1, 0.15) is 0 Å². The van der Waals surface area contributed by atoms with E-state index >= 15 is 0 Å². The highest BCUT2D eigenvalue weighted by Crippen LogP contribution is 2.33. The Balaban J connectivity index is 1.88. The molecule has 1 aliphatic heterocycles. The molecule has 2 aromatic rings. The van der Waals surface area contributed by atoms with Crippen molar-refractivity contribution in [1.82, 2.24) is 0 Å². The Morgan fingerprint density at radius 2 is 1.79 bits per heavy atom. The molecule has 0 bridgehead atoms. The predicted molar refractivity (Wildman–Crippen MR) is 83.6 cm³/mol. The first-order valence-corrected chi connectivity index (χ1v) is 8.68. The van der Waals surface area contributed by atoms with Gasteiger partial charge in [-0.3, -0.25) is 4.72 Å². The van der Waals surface area contributed by atoms with Crippen LogP contribution in [0.5, 0.6) is 11.5 Å². The quantitative estimate of drug-likeness (QED) is 0.884. The summed E-state index contributed by atoms with van der Waals surface area (Å²) in [7, 11) is -3.94. The van der Waals surface area contributed by atoms with Crippen molar-refractivity contribution >= 4 is 21.7 Å². The number of carbonyl (C=O) groups is 1. The molecule has 0 spiro atoms. The van der Waals surface area contributed by atoms with Crippen molar-refractivity contribution < 1.29 is 27.8 Å². The van der Waals surface area contributed by atoms with Crippen molar-refractivity contribution in [3.63, 3.8) is 0 Å². The number of hydrogen-bond acceptors (Lipinski definition) is 6. The van der Waals surface area contributed by atoms with Crippen molar-refractivity contribution in [3.8, 4) is 11.5 Å². The SMILES string of the molecule is O=C([O-])c1cccc(S(=O)(=O)Nc2ccc3c(c2)OCCCO3)c1. The molecule has 0 fully saturated rings. The zero-order valence-corrected chi connectivity index (χ0v) is 13.3. The fraction of sp³-hybridized carbons (Fsp3) is 0.188. The summed E-state index contributed by atoms with van der Waals surface area (Å²) in [5, 5.41) is 10.9. The van der Waals surface area contributed by atoms with Crippen LogP contribution in [0.3, 0.4) is 0 Å². The van der Waals surface area contributed by atoms with Crippen LogP contribution in [0.4, 0.5) is 5.69 Å². The molecule has 1 N–H and O–H groups in total. The standard InChI is InChI=1S/C16H15NO6S/c18-16(19)11-3-1-4-13(9-11)24(20,21)17-12-5-6-14-15(10-12)23-8-2-7-22-14/h1,3-6,9-10,17H,2,7-8H2,(H,18,19)/p-1. The third-order valence-corrected chi connectivity index (χ3v) is 4.76. The van der Waals surface area contributed by atoms with Crippen LogP contribution in [0.15, 0.2) is 47.4 Å². The van der Waals surface area contributed by atoms with E-state index < -0.39 is 16.0 Å². The van der Waals surface area contributed by atoms with Gasteiger partial charge in [0.15, 0.2) is 11.5 Å². The lowest BCUT2D eigenvalue weighted by molar-refractivity contribution is -0.255. The summed E-state index contributed by atoms with van der Waals surface area (Å²) < 4.78 is 38.2. The van der Waals surface area contributed by atoms with Crippen molar-refractivity contribution in [2.45, 2.75) is 11.3 Å². The summed E-state index contributed by atoms with van der Waals surface area (Å²) in [5.41, 5.74) is 0.0784. The summed E-state index contributed by atoms with van der Waals surface area (Å²) in [5.74, 6) is -0.437. The number of nitrogens with one attached hydrogen (secondary N) is 1. The number of sulfonamides is 1. The molecule has 8 heteroatoms. The summed E-state index contributed by atoms with van der Waals surface area (Å²) in [6.07, 6.45) is 0.742. The third kappa shape index (κ3) is 3.43. The fourth-order valence-electron chi connectivity index (χ4n) is 2.23. The molecule has 24 heavy (non-hydrogen) atoms. The Labute approximate surface area is 138 Å². The molecule has 0 aromatic heterocycles. The van der Waals surface area contributed by atoms with Crippen LogP contribution in [0.1, 0.15) is 16.8 Å². The number of anilines is 1. The number of fused-ring (bicyclic) bond motifs is 1. The van der Waals surface area contributed by atoms with Crippen molar-refractivity contribution in [1.29, 1.82) is 0 Å². The van der Waals surface area contributed by atoms with E-state index in [1.807, 2.05) is 0 Å². The smallest absolute Gasteiger partial charge is 0.261 e. The summed E-state index contributed by atoms with van der Waals surface area (Å²) in [4.78, 5) is 10.7. The summed E-state index contributed by atoms with van der Waals surface area (Å²) in [6.45, 7) is 1.02. The number of rotatable bonds is 4. The van der Waals surface area contributed by atoms with Gasteiger partial charge < -0.3 is 19.4 Å². The van der Waals surface area contributed by atoms with Crippen LogP contribution in [-0.4, -0.2) is 27.6 Å². The van der Waals surface area contributed by atoms with Gasteiger partial charge in [-0.15, -0.1) is 0 Å². The highest BCUT2D eigenvalue weighted by atomic mass is 32.2. The summed E-state index contributed by atoms with van der Waals surface area (Å²) >= 11 is 0. The van der Waals surface area contributed by atoms with E-state index in [9.17, 15) is 18.3 Å². The second kappa shape index (κ2) is 6.40. The topological polar surface area (TPSA) is 105 Å². The van der Waals surface area contributed by atoms with Crippen LogP contribution in [0, 0.1) is 0 Å². The Hall–Kier alpha value is -2.74. The number of carboxylic acid groups (broad SMARTS) is 1. The molecule has 0 saturated carbocycles. The molecule has 126 valence electrons. The van der Waals surface area contributed by atoms with Crippen molar-refractivity contribution in [3.05, 3.63) is 48.0 Å². The van der Waals surface area contributed by atoms with E-state index in [2.05, 4.69) is 4.72 Å². The van der Waals surface area contributed by atoms with Gasteiger partial charge in [0.05, 0.1) is 29.8 Å². The Kier molecular flexibility index (Phi) is 4.30. The normalized spacial score (nSPS) is 13.8. The largest absolute Gasteiger partial charge is 0.545 e. The first-order chi connectivity index (χ1) is 11.5. The number of carbonyl (C=O) groups excluding carboxylic acids is 1. The Morgan fingerprint density at radius 1 is 1.04 bits per heavy atom. The monoisotopic (exact) mass is 348 g/mol. The van der Waals surface area contributed by atoms with Crippen LogP contribution >= 0.6 is 0 Å². The second-order valence-corrected chi connectivity index (χ2v) is 6.82. The number of aromatic carboxylic acids is 1. The van der Waals surface area contributed by atoms with Gasteiger partial charge >= 0.3 is 0 Å². The Bertz CT molecular complexity index is 878. The minimum atomic E-state index is -3.94. The van der Waals surface area contributed by atoms with Gasteiger partial charge in [-0.2, -0.15) is 0 Å². The van der Waals surface area contributed by atoms with E-state index in [1.165, 1.54) is 24.3 Å². The molecule has 0 atom stereocenters. The lowest BCUT2D eigenvalue weighted by Gasteiger charge is -2.12. The van der Waals surface area contributed by atoms with Gasteiger partial charge in [0.2, 0.25) is 0 Å². The molecule has 0 saturated heterocycles. The van der Waals surface area contributed by atoms with E-state index in [0.717, 1.165) is 12.5 Å². The highest BCUT2D eigenvalue weighted by molar-refractivity contribution is 7.92. The molecular weight excluding hydrogens is 334 g/mol. The fourth-order valence-corrected chi connectivity index (χ4v) is 3.33. The Morgan fingerprint density at radius 3 is 2.54 bits per heavy atom. The molecule has 3 rings (SSSR count). The van der Waals surface area contributed by atoms with Gasteiger partial charge in [0.25, 0.3) is 10.0 Å². The van der Waals surface area contributed by atoms with Gasteiger partial charge in [0, 0.05) is 12.5 Å². The first kappa shape index (κ1) is 16.1. The third-order valence-electron chi connectivity index (χ3n) is 3.38. The lowest BCUT2D eigenvalue weighted by atomic mass is 10.2. The van der Waals surface area contributed by atoms with Gasteiger partial charge in [-0.05, 0) is 29.8 Å². The predicted octanol–water partition coefficient (Wildman–Crippen LogP) is 1.01. The highest BCUT2D eigenvalue weighted by Gasteiger charge is 2.17. The van der Waals surface area contributed by atoms with E-state index in [0.29, 0.717) is 24.7 Å². The van der Waals surface area contributed by atoms with Gasteiger partial charge in [-0.1, -0.05) is 12.1 Å². The van der Waals surface area contributed by atoms with E-state index in [1.54, 1.807) is 12.1 Å². The number of ether oxygens (including phenoxy) is 2. The average molecular weight is 348 g/mol. The van der Waals surface area contributed by atoms with E-state index in [4.69, 9.17) is 9.47 Å². The maximum Gasteiger partial charge on any atom is 0.261 e. The van der Waals surface area contributed by atoms with Gasteiger partial charge in [-0.25, -0.2) is 8.42 Å². The van der Waals surface area contributed by atoms with Crippen LogP contribution in [-0.2, 0) is 10.0 Å². The maximum atomic E-state index is 12.4. The number of carboxylic acids is 1. The second-order valence-electron chi connectivity index (χ2n) is 5.13. The average Bonchev–Trinajstić information content (AvgIpc) is 2.79. The minimum absolute atomic E-state index is 0.170. The van der Waals surface area contributed by atoms with Crippen molar-refractivity contribution in [2.75, 3.05) is 17.9 Å². The molecule has 1 aliphatic rings. The summed E-state index contributed by atoms with van der Waals surface area (Å²) in [6, 6.07) is 9.65. The molecule has 1 heterocycles. The van der Waals surface area contributed by atoms with Crippen LogP contribution in [0.25, 0.3) is 0 Å². The van der Waals surface area contributed by atoms with Crippen LogP contribution in [0.2, 0.25) is 0 Å². The molecule has 0 aliphatic carbocycles. The molecule has 0 amide bonds. The zero-order chi connectivity index (χ0) is 17.2. The van der Waals surface area contributed by atoms with Crippen molar-refractivity contribution in [2.24, 2.45) is 0 Å². The number of hydrogen-bond donors (Lipinski definition) is 1. The lowest BCUT2D eigenvalue weighted by Crippen LogP contribution is -2.23.